The number of para-hydroxylation sites is 1. The first-order chi connectivity index (χ1) is 12.2. The third kappa shape index (κ3) is 3.22. The maximum absolute atomic E-state index is 14.4. The van der Waals surface area contributed by atoms with Crippen LogP contribution in [0.25, 0.3) is 0 Å². The van der Waals surface area contributed by atoms with E-state index in [9.17, 15) is 4.39 Å². The van der Waals surface area contributed by atoms with Crippen molar-refractivity contribution in [1.82, 2.24) is 0 Å². The molecule has 4 heteroatoms. The van der Waals surface area contributed by atoms with Crippen LogP contribution in [0.5, 0.6) is 0 Å². The van der Waals surface area contributed by atoms with Gasteiger partial charge in [-0.15, -0.1) is 0 Å². The van der Waals surface area contributed by atoms with Crippen molar-refractivity contribution in [2.75, 3.05) is 5.01 Å². The van der Waals surface area contributed by atoms with E-state index in [4.69, 9.17) is 5.10 Å². The van der Waals surface area contributed by atoms with Gasteiger partial charge < -0.3 is 0 Å². The van der Waals surface area contributed by atoms with Crippen LogP contribution >= 0.6 is 15.9 Å². The SMILES string of the molecule is Fc1ccccc1N1N=C(c2ccccc2)C[C@@H]1c1ccc(Br)cc1. The second-order valence-electron chi connectivity index (χ2n) is 5.98. The molecular weight excluding hydrogens is 379 g/mol. The summed E-state index contributed by atoms with van der Waals surface area (Å²) in [7, 11) is 0. The molecule has 0 unspecified atom stereocenters. The minimum absolute atomic E-state index is 0.0276. The van der Waals surface area contributed by atoms with Crippen LogP contribution in [0.15, 0.2) is 88.4 Å². The molecule has 2 nitrogen and oxygen atoms in total. The average molecular weight is 395 g/mol. The smallest absolute Gasteiger partial charge is 0.148 e. The molecule has 25 heavy (non-hydrogen) atoms. The van der Waals surface area contributed by atoms with Crippen LogP contribution < -0.4 is 5.01 Å². The first kappa shape index (κ1) is 16.0. The second-order valence-corrected chi connectivity index (χ2v) is 6.90. The first-order valence-corrected chi connectivity index (χ1v) is 8.94. The van der Waals surface area contributed by atoms with E-state index in [1.807, 2.05) is 48.5 Å². The molecule has 1 aliphatic heterocycles. The molecule has 0 radical (unpaired) electrons. The normalized spacial score (nSPS) is 16.8. The lowest BCUT2D eigenvalue weighted by Crippen LogP contribution is -2.19. The summed E-state index contributed by atoms with van der Waals surface area (Å²) in [4.78, 5) is 0. The Morgan fingerprint density at radius 3 is 2.28 bits per heavy atom. The van der Waals surface area contributed by atoms with E-state index >= 15 is 0 Å². The van der Waals surface area contributed by atoms with Gasteiger partial charge in [0.25, 0.3) is 0 Å². The van der Waals surface area contributed by atoms with Gasteiger partial charge >= 0.3 is 0 Å². The summed E-state index contributed by atoms with van der Waals surface area (Å²) in [5, 5.41) is 6.57. The molecule has 0 N–H and O–H groups in total. The van der Waals surface area contributed by atoms with Crippen molar-refractivity contribution >= 4 is 27.3 Å². The van der Waals surface area contributed by atoms with Crippen LogP contribution in [-0.4, -0.2) is 5.71 Å². The zero-order valence-corrected chi connectivity index (χ0v) is 15.0. The molecule has 3 aromatic carbocycles. The number of nitrogens with zero attached hydrogens (tertiary/aromatic N) is 2. The highest BCUT2D eigenvalue weighted by Gasteiger charge is 2.31. The van der Waals surface area contributed by atoms with Gasteiger partial charge in [0.15, 0.2) is 0 Å². The predicted octanol–water partition coefficient (Wildman–Crippen LogP) is 5.94. The topological polar surface area (TPSA) is 15.6 Å². The fourth-order valence-corrected chi connectivity index (χ4v) is 3.38. The third-order valence-corrected chi connectivity index (χ3v) is 4.90. The molecule has 4 rings (SSSR count). The number of benzene rings is 3. The van der Waals surface area contributed by atoms with Crippen molar-refractivity contribution in [1.29, 1.82) is 0 Å². The second kappa shape index (κ2) is 6.81. The van der Waals surface area contributed by atoms with Gasteiger partial charge in [0.2, 0.25) is 0 Å². The zero-order valence-electron chi connectivity index (χ0n) is 13.4. The number of hydrogen-bond acceptors (Lipinski definition) is 2. The fraction of sp³-hybridized carbons (Fsp3) is 0.0952. The van der Waals surface area contributed by atoms with E-state index in [1.54, 1.807) is 17.1 Å². The number of anilines is 1. The Morgan fingerprint density at radius 1 is 0.880 bits per heavy atom. The van der Waals surface area contributed by atoms with Crippen molar-refractivity contribution in [2.24, 2.45) is 5.10 Å². The molecule has 1 atom stereocenters. The van der Waals surface area contributed by atoms with E-state index in [1.165, 1.54) is 6.07 Å². The summed E-state index contributed by atoms with van der Waals surface area (Å²) in [6.45, 7) is 0. The van der Waals surface area contributed by atoms with Gasteiger partial charge in [-0.05, 0) is 35.4 Å². The van der Waals surface area contributed by atoms with Crippen LogP contribution in [0.4, 0.5) is 10.1 Å². The molecule has 1 heterocycles. The maximum atomic E-state index is 14.4. The van der Waals surface area contributed by atoms with Gasteiger partial charge in [0.05, 0.1) is 17.4 Å². The summed E-state index contributed by atoms with van der Waals surface area (Å²) in [6.07, 6.45) is 0.736. The van der Waals surface area contributed by atoms with E-state index in [-0.39, 0.29) is 11.9 Å². The molecule has 0 spiro atoms. The molecule has 0 amide bonds. The third-order valence-electron chi connectivity index (χ3n) is 4.37. The van der Waals surface area contributed by atoms with Gasteiger partial charge in [-0.2, -0.15) is 5.10 Å². The minimum atomic E-state index is -0.261. The van der Waals surface area contributed by atoms with Crippen LogP contribution in [0.2, 0.25) is 0 Å². The monoisotopic (exact) mass is 394 g/mol. The van der Waals surface area contributed by atoms with Crippen molar-refractivity contribution in [2.45, 2.75) is 12.5 Å². The Balaban J connectivity index is 1.78. The number of halogens is 2. The Bertz CT molecular complexity index is 907. The lowest BCUT2D eigenvalue weighted by Gasteiger charge is -2.24. The van der Waals surface area contributed by atoms with Gasteiger partial charge in [-0.3, -0.25) is 5.01 Å². The number of hydrazone groups is 1. The van der Waals surface area contributed by atoms with Gasteiger partial charge in [-0.25, -0.2) is 4.39 Å². The molecule has 0 saturated carbocycles. The molecule has 1 aliphatic rings. The van der Waals surface area contributed by atoms with Crippen molar-refractivity contribution < 1.29 is 4.39 Å². The number of hydrogen-bond donors (Lipinski definition) is 0. The summed E-state index contributed by atoms with van der Waals surface area (Å²) < 4.78 is 15.4. The Hall–Kier alpha value is -2.46. The fourth-order valence-electron chi connectivity index (χ4n) is 3.12. The highest BCUT2D eigenvalue weighted by Crippen LogP contribution is 2.38. The number of rotatable bonds is 3. The van der Waals surface area contributed by atoms with E-state index in [2.05, 4.69) is 28.1 Å². The predicted molar refractivity (Wildman–Crippen MR) is 103 cm³/mol. The highest BCUT2D eigenvalue weighted by molar-refractivity contribution is 9.10. The first-order valence-electron chi connectivity index (χ1n) is 8.14. The zero-order chi connectivity index (χ0) is 17.2. The Morgan fingerprint density at radius 2 is 1.56 bits per heavy atom. The van der Waals surface area contributed by atoms with Crippen molar-refractivity contribution in [3.8, 4) is 0 Å². The molecule has 3 aromatic rings. The Labute approximate surface area is 154 Å². The van der Waals surface area contributed by atoms with Gasteiger partial charge in [-0.1, -0.05) is 70.5 Å². The van der Waals surface area contributed by atoms with Crippen LogP contribution in [-0.2, 0) is 0 Å². The molecule has 0 fully saturated rings. The van der Waals surface area contributed by atoms with Crippen molar-refractivity contribution in [3.05, 3.63) is 100 Å². The lowest BCUT2D eigenvalue weighted by atomic mass is 9.98. The maximum Gasteiger partial charge on any atom is 0.148 e. The van der Waals surface area contributed by atoms with Crippen molar-refractivity contribution in [3.63, 3.8) is 0 Å². The highest BCUT2D eigenvalue weighted by atomic mass is 79.9. The molecule has 0 aliphatic carbocycles. The van der Waals surface area contributed by atoms with Crippen LogP contribution in [0.1, 0.15) is 23.6 Å². The van der Waals surface area contributed by atoms with Gasteiger partial charge in [0, 0.05) is 10.9 Å². The molecule has 0 saturated heterocycles. The van der Waals surface area contributed by atoms with Crippen LogP contribution in [0, 0.1) is 5.82 Å². The van der Waals surface area contributed by atoms with E-state index < -0.39 is 0 Å². The summed E-state index contributed by atoms with van der Waals surface area (Å²) in [5.74, 6) is -0.261. The lowest BCUT2D eigenvalue weighted by molar-refractivity contribution is 0.606. The average Bonchev–Trinajstić information content (AvgIpc) is 3.09. The summed E-state index contributed by atoms with van der Waals surface area (Å²) in [5.41, 5.74) is 3.66. The quantitative estimate of drug-likeness (QED) is 0.536. The molecular formula is C21H16BrFN2. The van der Waals surface area contributed by atoms with Gasteiger partial charge in [0.1, 0.15) is 5.82 Å². The van der Waals surface area contributed by atoms with E-state index in [0.29, 0.717) is 5.69 Å². The van der Waals surface area contributed by atoms with E-state index in [0.717, 1.165) is 27.7 Å². The summed E-state index contributed by atoms with van der Waals surface area (Å²) >= 11 is 3.47. The minimum Gasteiger partial charge on any atom is -0.254 e. The summed E-state index contributed by atoms with van der Waals surface area (Å²) in [6, 6.07) is 25.0. The molecule has 0 aromatic heterocycles. The largest absolute Gasteiger partial charge is 0.254 e. The molecule has 124 valence electrons. The Kier molecular flexibility index (Phi) is 4.36. The van der Waals surface area contributed by atoms with Crippen LogP contribution in [0.3, 0.4) is 0 Å². The standard InChI is InChI=1S/C21H16BrFN2/c22-17-12-10-16(11-13-17)21-14-19(15-6-2-1-3-7-15)24-25(21)20-9-5-4-8-18(20)23/h1-13,21H,14H2/t21-/m1/s1. The molecule has 0 bridgehead atoms.